The minimum Gasteiger partial charge on any atom is -0.486 e. The first-order valence-corrected chi connectivity index (χ1v) is 6.66. The Morgan fingerprint density at radius 2 is 1.95 bits per heavy atom. The molecule has 2 rings (SSSR count). The first-order chi connectivity index (χ1) is 8.82. The summed E-state index contributed by atoms with van der Waals surface area (Å²) in [4.78, 5) is 11.4. The Morgan fingerprint density at radius 3 is 2.47 bits per heavy atom. The van der Waals surface area contributed by atoms with Crippen LogP contribution in [0.4, 0.5) is 0 Å². The minimum atomic E-state index is -0.408. The van der Waals surface area contributed by atoms with E-state index in [2.05, 4.69) is 33.8 Å². The van der Waals surface area contributed by atoms with Gasteiger partial charge in [0.25, 0.3) is 0 Å². The van der Waals surface area contributed by atoms with E-state index in [-0.39, 0.29) is 17.3 Å². The summed E-state index contributed by atoms with van der Waals surface area (Å²) in [5.74, 6) is 0.981. The second-order valence-electron chi connectivity index (χ2n) is 6.23. The molecule has 3 heteroatoms. The predicted molar refractivity (Wildman–Crippen MR) is 74.7 cm³/mol. The van der Waals surface area contributed by atoms with Crippen LogP contribution < -0.4 is 4.74 Å². The molecule has 0 heterocycles. The molecule has 1 aliphatic carbocycles. The first-order valence-electron chi connectivity index (χ1n) is 6.66. The standard InChI is InChI=1S/C16H22O3/c1-10-6-7-13(11(8-10)16(2,3)4)19-14-9-12(17)15(14)18-5/h6-8,14-15H,9H2,1-5H3. The number of ketones is 1. The second kappa shape index (κ2) is 4.97. The van der Waals surface area contributed by atoms with E-state index in [1.54, 1.807) is 7.11 Å². The molecular formula is C16H22O3. The average molecular weight is 262 g/mol. The van der Waals surface area contributed by atoms with Gasteiger partial charge in [-0.25, -0.2) is 0 Å². The van der Waals surface area contributed by atoms with Crippen LogP contribution in [0.2, 0.25) is 0 Å². The molecule has 3 nitrogen and oxygen atoms in total. The van der Waals surface area contributed by atoms with E-state index in [0.717, 1.165) is 5.75 Å². The Labute approximate surface area is 114 Å². The van der Waals surface area contributed by atoms with E-state index >= 15 is 0 Å². The van der Waals surface area contributed by atoms with Crippen molar-refractivity contribution in [2.75, 3.05) is 7.11 Å². The van der Waals surface area contributed by atoms with Crippen molar-refractivity contribution < 1.29 is 14.3 Å². The lowest BCUT2D eigenvalue weighted by Gasteiger charge is -2.35. The van der Waals surface area contributed by atoms with E-state index in [9.17, 15) is 4.79 Å². The number of Topliss-reactive ketones (excluding diaryl/α,β-unsaturated/α-hetero) is 1. The molecule has 0 aromatic heterocycles. The second-order valence-corrected chi connectivity index (χ2v) is 6.23. The fourth-order valence-electron chi connectivity index (χ4n) is 2.35. The Bertz CT molecular complexity index is 485. The predicted octanol–water partition coefficient (Wildman–Crippen LogP) is 3.03. The summed E-state index contributed by atoms with van der Waals surface area (Å²) in [6, 6.07) is 6.18. The fraction of sp³-hybridized carbons (Fsp3) is 0.562. The number of carbonyl (C=O) groups excluding carboxylic acids is 1. The molecule has 2 atom stereocenters. The zero-order chi connectivity index (χ0) is 14.2. The van der Waals surface area contributed by atoms with Crippen molar-refractivity contribution in [2.45, 2.75) is 51.7 Å². The average Bonchev–Trinajstić information content (AvgIpc) is 2.29. The number of benzene rings is 1. The Kier molecular flexibility index (Phi) is 3.68. The number of ether oxygens (including phenoxy) is 2. The topological polar surface area (TPSA) is 35.5 Å². The molecule has 0 radical (unpaired) electrons. The first kappa shape index (κ1) is 14.1. The van der Waals surface area contributed by atoms with Gasteiger partial charge in [-0.3, -0.25) is 4.79 Å². The quantitative estimate of drug-likeness (QED) is 0.840. The maximum Gasteiger partial charge on any atom is 0.169 e. The summed E-state index contributed by atoms with van der Waals surface area (Å²) >= 11 is 0. The molecule has 2 unspecified atom stereocenters. The van der Waals surface area contributed by atoms with Crippen molar-refractivity contribution in [3.05, 3.63) is 29.3 Å². The van der Waals surface area contributed by atoms with Crippen molar-refractivity contribution >= 4 is 5.78 Å². The van der Waals surface area contributed by atoms with Crippen molar-refractivity contribution in [3.63, 3.8) is 0 Å². The largest absolute Gasteiger partial charge is 0.486 e. The zero-order valence-electron chi connectivity index (χ0n) is 12.3. The molecule has 1 aliphatic rings. The smallest absolute Gasteiger partial charge is 0.169 e. The number of carbonyl (C=O) groups is 1. The lowest BCUT2D eigenvalue weighted by atomic mass is 9.85. The zero-order valence-corrected chi connectivity index (χ0v) is 12.3. The van der Waals surface area contributed by atoms with Crippen LogP contribution in [0.15, 0.2) is 18.2 Å². The van der Waals surface area contributed by atoms with E-state index < -0.39 is 6.10 Å². The monoisotopic (exact) mass is 262 g/mol. The molecule has 19 heavy (non-hydrogen) atoms. The van der Waals surface area contributed by atoms with Crippen molar-refractivity contribution in [1.82, 2.24) is 0 Å². The van der Waals surface area contributed by atoms with Gasteiger partial charge in [0.2, 0.25) is 0 Å². The van der Waals surface area contributed by atoms with Crippen LogP contribution in [0.1, 0.15) is 38.3 Å². The SMILES string of the molecule is COC1C(=O)CC1Oc1ccc(C)cc1C(C)(C)C. The summed E-state index contributed by atoms with van der Waals surface area (Å²) in [5.41, 5.74) is 2.39. The Morgan fingerprint density at radius 1 is 1.26 bits per heavy atom. The summed E-state index contributed by atoms with van der Waals surface area (Å²) in [5, 5.41) is 0. The third-order valence-electron chi connectivity index (χ3n) is 3.53. The minimum absolute atomic E-state index is 0.0116. The summed E-state index contributed by atoms with van der Waals surface area (Å²) in [6.45, 7) is 8.56. The van der Waals surface area contributed by atoms with Crippen LogP contribution in [-0.4, -0.2) is 25.1 Å². The van der Waals surface area contributed by atoms with E-state index in [1.165, 1.54) is 11.1 Å². The van der Waals surface area contributed by atoms with Crippen molar-refractivity contribution in [2.24, 2.45) is 0 Å². The molecule has 104 valence electrons. The normalized spacial score (nSPS) is 23.1. The van der Waals surface area contributed by atoms with Crippen molar-refractivity contribution in [1.29, 1.82) is 0 Å². The van der Waals surface area contributed by atoms with Gasteiger partial charge in [0.15, 0.2) is 11.9 Å². The number of aryl methyl sites for hydroxylation is 1. The Hall–Kier alpha value is -1.35. The maximum absolute atomic E-state index is 11.4. The van der Waals surface area contributed by atoms with Gasteiger partial charge in [0.05, 0.1) is 0 Å². The highest BCUT2D eigenvalue weighted by atomic mass is 16.5. The van der Waals surface area contributed by atoms with Crippen LogP contribution >= 0.6 is 0 Å². The molecular weight excluding hydrogens is 240 g/mol. The molecule has 1 aromatic carbocycles. The van der Waals surface area contributed by atoms with Gasteiger partial charge in [0.1, 0.15) is 11.9 Å². The highest BCUT2D eigenvalue weighted by Crippen LogP contribution is 2.35. The van der Waals surface area contributed by atoms with E-state index in [4.69, 9.17) is 9.47 Å². The highest BCUT2D eigenvalue weighted by Gasteiger charge is 2.42. The van der Waals surface area contributed by atoms with E-state index in [1.807, 2.05) is 12.1 Å². The van der Waals surface area contributed by atoms with Crippen molar-refractivity contribution in [3.8, 4) is 5.75 Å². The summed E-state index contributed by atoms with van der Waals surface area (Å²) in [7, 11) is 1.55. The maximum atomic E-state index is 11.4. The van der Waals surface area contributed by atoms with Gasteiger partial charge in [-0.2, -0.15) is 0 Å². The number of hydrogen-bond donors (Lipinski definition) is 0. The van der Waals surface area contributed by atoms with Crippen LogP contribution in [0, 0.1) is 6.92 Å². The molecule has 0 N–H and O–H groups in total. The molecule has 0 bridgehead atoms. The van der Waals surface area contributed by atoms with Gasteiger partial charge < -0.3 is 9.47 Å². The number of hydrogen-bond acceptors (Lipinski definition) is 3. The molecule has 0 amide bonds. The third kappa shape index (κ3) is 2.81. The molecule has 1 fully saturated rings. The van der Waals surface area contributed by atoms with Crippen LogP contribution in [0.25, 0.3) is 0 Å². The van der Waals surface area contributed by atoms with Crippen LogP contribution in [0.3, 0.4) is 0 Å². The lowest BCUT2D eigenvalue weighted by Crippen LogP contribution is -2.51. The van der Waals surface area contributed by atoms with Crippen LogP contribution in [0.5, 0.6) is 5.75 Å². The molecule has 0 saturated heterocycles. The third-order valence-corrected chi connectivity index (χ3v) is 3.53. The van der Waals surface area contributed by atoms with Gasteiger partial charge >= 0.3 is 0 Å². The lowest BCUT2D eigenvalue weighted by molar-refractivity contribution is -0.151. The van der Waals surface area contributed by atoms with Gasteiger partial charge in [-0.1, -0.05) is 38.5 Å². The van der Waals surface area contributed by atoms with Gasteiger partial charge in [-0.05, 0) is 24.0 Å². The summed E-state index contributed by atoms with van der Waals surface area (Å²) in [6.07, 6.45) is -0.119. The van der Waals surface area contributed by atoms with Gasteiger partial charge in [0, 0.05) is 13.5 Å². The molecule has 0 spiro atoms. The number of methoxy groups -OCH3 is 1. The van der Waals surface area contributed by atoms with E-state index in [0.29, 0.717) is 6.42 Å². The van der Waals surface area contributed by atoms with Gasteiger partial charge in [-0.15, -0.1) is 0 Å². The fourth-order valence-corrected chi connectivity index (χ4v) is 2.35. The Balaban J connectivity index is 2.24. The highest BCUT2D eigenvalue weighted by molar-refractivity contribution is 5.90. The molecule has 1 saturated carbocycles. The molecule has 1 aromatic rings. The summed E-state index contributed by atoms with van der Waals surface area (Å²) < 4.78 is 11.1. The molecule has 0 aliphatic heterocycles. The number of rotatable bonds is 3. The van der Waals surface area contributed by atoms with Crippen LogP contribution in [-0.2, 0) is 14.9 Å².